The molecule has 2 heterocycles. The largest absolute Gasteiger partial charge is 0.416 e. The van der Waals surface area contributed by atoms with Gasteiger partial charge in [-0.05, 0) is 37.4 Å². The van der Waals surface area contributed by atoms with Gasteiger partial charge in [-0.25, -0.2) is 9.67 Å². The third kappa shape index (κ3) is 5.09. The topological polar surface area (TPSA) is 63.1 Å². The maximum Gasteiger partial charge on any atom is 0.416 e. The third-order valence-electron chi connectivity index (χ3n) is 3.73. The molecule has 0 saturated carbocycles. The Morgan fingerprint density at radius 2 is 2.11 bits per heavy atom. The molecule has 1 aromatic carbocycles. The van der Waals surface area contributed by atoms with E-state index in [4.69, 9.17) is 11.6 Å². The number of carbonyl (C=O) groups excluding carboxylic acids is 1. The highest BCUT2D eigenvalue weighted by Gasteiger charge is 2.31. The van der Waals surface area contributed by atoms with Crippen LogP contribution in [-0.2, 0) is 17.5 Å². The highest BCUT2D eigenvalue weighted by molar-refractivity contribution is 7.16. The standard InChI is InChI=1S/C17H15ClF3N5OS/c1-25(7-12-3-5-15(18)28-12)8-16(27)24-13-6-11(17(19,20)21)2-4-14(13)26-10-22-9-23-26/h2-6,9-10H,7-8H2,1H3,(H,24,27). The number of rotatable bonds is 6. The fraction of sp³-hybridized carbons (Fsp3) is 0.235. The van der Waals surface area contributed by atoms with E-state index in [0.717, 1.165) is 17.0 Å². The number of halogens is 4. The molecule has 0 aliphatic carbocycles. The van der Waals surface area contributed by atoms with Crippen molar-refractivity contribution in [2.75, 3.05) is 18.9 Å². The Kier molecular flexibility index (Phi) is 6.01. The smallest absolute Gasteiger partial charge is 0.323 e. The van der Waals surface area contributed by atoms with E-state index >= 15 is 0 Å². The van der Waals surface area contributed by atoms with Crippen LogP contribution in [0, 0.1) is 0 Å². The van der Waals surface area contributed by atoms with E-state index < -0.39 is 17.6 Å². The lowest BCUT2D eigenvalue weighted by molar-refractivity contribution is -0.137. The zero-order valence-electron chi connectivity index (χ0n) is 14.6. The minimum Gasteiger partial charge on any atom is -0.323 e. The Morgan fingerprint density at radius 3 is 2.71 bits per heavy atom. The zero-order chi connectivity index (χ0) is 20.3. The maximum atomic E-state index is 13.1. The maximum absolute atomic E-state index is 13.1. The SMILES string of the molecule is CN(CC(=O)Nc1cc(C(F)(F)F)ccc1-n1cncn1)Cc1ccc(Cl)s1. The summed E-state index contributed by atoms with van der Waals surface area (Å²) >= 11 is 7.29. The van der Waals surface area contributed by atoms with Crippen molar-refractivity contribution in [1.29, 1.82) is 0 Å². The summed E-state index contributed by atoms with van der Waals surface area (Å²) in [6, 6.07) is 6.68. The number of aromatic nitrogens is 3. The summed E-state index contributed by atoms with van der Waals surface area (Å²) in [6.07, 6.45) is -1.94. The van der Waals surface area contributed by atoms with Crippen LogP contribution in [0.1, 0.15) is 10.4 Å². The van der Waals surface area contributed by atoms with Gasteiger partial charge >= 0.3 is 6.18 Å². The molecule has 6 nitrogen and oxygen atoms in total. The monoisotopic (exact) mass is 429 g/mol. The number of anilines is 1. The third-order valence-corrected chi connectivity index (χ3v) is 4.95. The number of thiophene rings is 1. The van der Waals surface area contributed by atoms with Crippen molar-refractivity contribution in [2.45, 2.75) is 12.7 Å². The van der Waals surface area contributed by atoms with Crippen molar-refractivity contribution >= 4 is 34.5 Å². The number of carbonyl (C=O) groups is 1. The predicted octanol–water partition coefficient (Wildman–Crippen LogP) is 4.07. The molecule has 0 unspecified atom stereocenters. The molecule has 3 rings (SSSR count). The molecule has 1 amide bonds. The molecular weight excluding hydrogens is 415 g/mol. The number of nitrogens with zero attached hydrogens (tertiary/aromatic N) is 4. The van der Waals surface area contributed by atoms with Crippen molar-refractivity contribution in [3.63, 3.8) is 0 Å². The van der Waals surface area contributed by atoms with E-state index in [0.29, 0.717) is 10.9 Å². The molecule has 0 atom stereocenters. The average Bonchev–Trinajstić information content (AvgIpc) is 3.25. The van der Waals surface area contributed by atoms with E-state index in [2.05, 4.69) is 15.4 Å². The molecule has 0 spiro atoms. The molecule has 3 aromatic rings. The number of amides is 1. The molecule has 0 aliphatic heterocycles. The van der Waals surface area contributed by atoms with Crippen molar-refractivity contribution in [1.82, 2.24) is 19.7 Å². The Balaban J connectivity index is 1.76. The molecule has 2 aromatic heterocycles. The number of nitrogens with one attached hydrogen (secondary N) is 1. The van der Waals surface area contributed by atoms with E-state index in [1.807, 2.05) is 6.07 Å². The number of alkyl halides is 3. The Bertz CT molecular complexity index is 958. The molecule has 0 bridgehead atoms. The number of likely N-dealkylation sites (N-methyl/N-ethyl adjacent to an activating group) is 1. The minimum atomic E-state index is -4.53. The summed E-state index contributed by atoms with van der Waals surface area (Å²) < 4.78 is 41.1. The molecule has 0 aliphatic rings. The van der Waals surface area contributed by atoms with Crippen molar-refractivity contribution in [3.8, 4) is 5.69 Å². The first kappa shape index (κ1) is 20.3. The average molecular weight is 430 g/mol. The summed E-state index contributed by atoms with van der Waals surface area (Å²) in [4.78, 5) is 18.9. The summed E-state index contributed by atoms with van der Waals surface area (Å²) in [7, 11) is 1.73. The van der Waals surface area contributed by atoms with Gasteiger partial charge in [-0.3, -0.25) is 9.69 Å². The molecule has 0 fully saturated rings. The lowest BCUT2D eigenvalue weighted by Gasteiger charge is -2.17. The Labute approximate surface area is 167 Å². The van der Waals surface area contributed by atoms with Gasteiger partial charge in [0.05, 0.1) is 27.8 Å². The quantitative estimate of drug-likeness (QED) is 0.641. The minimum absolute atomic E-state index is 0.00195. The Hall–Kier alpha value is -2.43. The van der Waals surface area contributed by atoms with Gasteiger partial charge in [0.15, 0.2) is 0 Å². The summed E-state index contributed by atoms with van der Waals surface area (Å²) in [5.41, 5.74) is -0.585. The van der Waals surface area contributed by atoms with Gasteiger partial charge in [0, 0.05) is 11.4 Å². The van der Waals surface area contributed by atoms with Crippen LogP contribution in [0.5, 0.6) is 0 Å². The summed E-state index contributed by atoms with van der Waals surface area (Å²) in [5.74, 6) is -0.453. The van der Waals surface area contributed by atoms with Crippen molar-refractivity contribution in [2.24, 2.45) is 0 Å². The first-order chi connectivity index (χ1) is 13.2. The fourth-order valence-corrected chi connectivity index (χ4v) is 3.71. The van der Waals surface area contributed by atoms with Gasteiger partial charge < -0.3 is 5.32 Å². The zero-order valence-corrected chi connectivity index (χ0v) is 16.1. The van der Waals surface area contributed by atoms with Gasteiger partial charge in [0.25, 0.3) is 0 Å². The van der Waals surface area contributed by atoms with E-state index in [-0.39, 0.29) is 17.9 Å². The number of benzene rings is 1. The van der Waals surface area contributed by atoms with Gasteiger partial charge in [-0.2, -0.15) is 18.3 Å². The molecule has 0 radical (unpaired) electrons. The Morgan fingerprint density at radius 1 is 1.32 bits per heavy atom. The van der Waals surface area contributed by atoms with Crippen LogP contribution in [0.3, 0.4) is 0 Å². The van der Waals surface area contributed by atoms with E-state index in [9.17, 15) is 18.0 Å². The van der Waals surface area contributed by atoms with Gasteiger partial charge in [-0.1, -0.05) is 11.6 Å². The van der Waals surface area contributed by atoms with Gasteiger partial charge in [0.2, 0.25) is 5.91 Å². The van der Waals surface area contributed by atoms with Crippen molar-refractivity contribution in [3.05, 3.63) is 57.8 Å². The molecule has 11 heteroatoms. The van der Waals surface area contributed by atoms with Crippen molar-refractivity contribution < 1.29 is 18.0 Å². The van der Waals surface area contributed by atoms with Gasteiger partial charge in [-0.15, -0.1) is 11.3 Å². The summed E-state index contributed by atoms with van der Waals surface area (Å²) in [6.45, 7) is 0.478. The van der Waals surface area contributed by atoms with Crippen LogP contribution in [0.15, 0.2) is 43.0 Å². The van der Waals surface area contributed by atoms with E-state index in [1.54, 1.807) is 18.0 Å². The van der Waals surface area contributed by atoms with Crippen LogP contribution >= 0.6 is 22.9 Å². The first-order valence-corrected chi connectivity index (χ1v) is 9.20. The fourth-order valence-electron chi connectivity index (χ4n) is 2.54. The molecule has 1 N–H and O–H groups in total. The lowest BCUT2D eigenvalue weighted by Crippen LogP contribution is -2.30. The second-order valence-electron chi connectivity index (χ2n) is 6.00. The first-order valence-electron chi connectivity index (χ1n) is 8.01. The van der Waals surface area contributed by atoms with Crippen LogP contribution in [0.25, 0.3) is 5.69 Å². The van der Waals surface area contributed by atoms with Crippen LogP contribution in [-0.4, -0.2) is 39.2 Å². The highest BCUT2D eigenvalue weighted by Crippen LogP contribution is 2.33. The summed E-state index contributed by atoms with van der Waals surface area (Å²) in [5, 5.41) is 6.46. The van der Waals surface area contributed by atoms with Crippen LogP contribution in [0.2, 0.25) is 4.34 Å². The molecule has 28 heavy (non-hydrogen) atoms. The number of hydrogen-bond donors (Lipinski definition) is 1. The lowest BCUT2D eigenvalue weighted by atomic mass is 10.1. The highest BCUT2D eigenvalue weighted by atomic mass is 35.5. The molecule has 0 saturated heterocycles. The second kappa shape index (κ2) is 8.29. The molecule has 148 valence electrons. The number of hydrogen-bond acceptors (Lipinski definition) is 5. The predicted molar refractivity (Wildman–Crippen MR) is 101 cm³/mol. The molecular formula is C17H15ClF3N5OS. The normalized spacial score (nSPS) is 11.8. The van der Waals surface area contributed by atoms with Gasteiger partial charge in [0.1, 0.15) is 12.7 Å². The van der Waals surface area contributed by atoms with Crippen LogP contribution in [0.4, 0.5) is 18.9 Å². The van der Waals surface area contributed by atoms with E-state index in [1.165, 1.54) is 34.7 Å². The van der Waals surface area contributed by atoms with Crippen LogP contribution < -0.4 is 5.32 Å². The second-order valence-corrected chi connectivity index (χ2v) is 7.80.